The van der Waals surface area contributed by atoms with Gasteiger partial charge < -0.3 is 50.9 Å². The number of ether oxygens (including phenoxy) is 2. The predicted molar refractivity (Wildman–Crippen MR) is 241 cm³/mol. The summed E-state index contributed by atoms with van der Waals surface area (Å²) in [6.45, 7) is 13.7. The maximum absolute atomic E-state index is 14.0. The van der Waals surface area contributed by atoms with E-state index in [0.29, 0.717) is 70.3 Å². The number of hydrogen-bond donors (Lipinski definition) is 6. The van der Waals surface area contributed by atoms with Gasteiger partial charge in [-0.2, -0.15) is 5.10 Å². The second-order valence-electron chi connectivity index (χ2n) is 15.3. The minimum atomic E-state index is -0.666. The van der Waals surface area contributed by atoms with Crippen LogP contribution in [0.2, 0.25) is 0 Å². The predicted octanol–water partition coefficient (Wildman–Crippen LogP) is 2.42. The van der Waals surface area contributed by atoms with Crippen LogP contribution >= 0.6 is 0 Å². The highest BCUT2D eigenvalue weighted by Crippen LogP contribution is 2.33. The van der Waals surface area contributed by atoms with Crippen molar-refractivity contribution < 1.29 is 28.7 Å². The van der Waals surface area contributed by atoms with Gasteiger partial charge in [-0.3, -0.25) is 34.5 Å². The van der Waals surface area contributed by atoms with Gasteiger partial charge in [-0.15, -0.1) is 0 Å². The lowest BCUT2D eigenvalue weighted by atomic mass is 10.1. The molecule has 1 unspecified atom stereocenters. The topological polar surface area (TPSA) is 261 Å². The normalized spacial score (nSPS) is 14.0. The number of likely N-dealkylation sites (N-methyl/N-ethyl adjacent to an activating group) is 1. The Balaban J connectivity index is 1.39. The number of anilines is 2. The second-order valence-corrected chi connectivity index (χ2v) is 15.3. The van der Waals surface area contributed by atoms with Crippen LogP contribution in [-0.4, -0.2) is 128 Å². The van der Waals surface area contributed by atoms with Crippen LogP contribution in [-0.2, 0) is 24.4 Å². The van der Waals surface area contributed by atoms with Crippen molar-refractivity contribution in [3.05, 3.63) is 76.8 Å². The van der Waals surface area contributed by atoms with Gasteiger partial charge in [0.15, 0.2) is 0 Å². The van der Waals surface area contributed by atoms with Crippen LogP contribution in [0.25, 0.3) is 22.1 Å². The number of rotatable bonds is 20. The average Bonchev–Trinajstić information content (AvgIpc) is 3.94. The number of primary amides is 2. The third-order valence-electron chi connectivity index (χ3n) is 10.7. The monoisotopic (exact) mass is 866 g/mol. The lowest BCUT2D eigenvalue weighted by Gasteiger charge is -2.27. The summed E-state index contributed by atoms with van der Waals surface area (Å²) in [6, 6.07) is 7.52. The molecule has 4 amide bonds. The highest BCUT2D eigenvalue weighted by molar-refractivity contribution is 6.05. The maximum atomic E-state index is 14.0. The first kappa shape index (κ1) is 45.7. The third kappa shape index (κ3) is 10.6. The maximum Gasteiger partial charge on any atom is 0.276 e. The van der Waals surface area contributed by atoms with E-state index < -0.39 is 29.7 Å². The molecule has 4 heterocycles. The van der Waals surface area contributed by atoms with Crippen molar-refractivity contribution in [3.8, 4) is 11.5 Å². The van der Waals surface area contributed by atoms with Gasteiger partial charge in [-0.05, 0) is 70.5 Å². The minimum Gasteiger partial charge on any atom is -0.494 e. The first-order valence-electron chi connectivity index (χ1n) is 21.0. The summed E-state index contributed by atoms with van der Waals surface area (Å²) in [5.74, 6) is -1.11. The average molecular weight is 867 g/mol. The van der Waals surface area contributed by atoms with E-state index in [1.54, 1.807) is 70.0 Å². The number of allylic oxidation sites excluding steroid dienone is 2. The smallest absolute Gasteiger partial charge is 0.276 e. The number of carbonyl (C=O) groups excluding carboxylic acids is 4. The van der Waals surface area contributed by atoms with Gasteiger partial charge in [0, 0.05) is 83.1 Å². The molecule has 5 aromatic rings. The van der Waals surface area contributed by atoms with Crippen molar-refractivity contribution in [2.45, 2.75) is 59.8 Å². The summed E-state index contributed by atoms with van der Waals surface area (Å²) in [5.41, 5.74) is 21.1. The molecule has 1 aliphatic heterocycles. The number of imidazole rings is 2. The van der Waals surface area contributed by atoms with E-state index in [1.165, 1.54) is 13.2 Å². The van der Waals surface area contributed by atoms with Gasteiger partial charge in [0.2, 0.25) is 23.7 Å². The zero-order valence-electron chi connectivity index (χ0n) is 36.7. The fourth-order valence-corrected chi connectivity index (χ4v) is 7.42. The molecule has 0 bridgehead atoms. The van der Waals surface area contributed by atoms with E-state index >= 15 is 0 Å². The number of methoxy groups -OCH3 is 1. The Morgan fingerprint density at radius 1 is 0.905 bits per heavy atom. The number of piperazine rings is 1. The Morgan fingerprint density at radius 2 is 1.49 bits per heavy atom. The molecule has 20 heteroatoms. The molecule has 3 aromatic heterocycles. The Labute approximate surface area is 365 Å². The molecule has 0 radical (unpaired) electrons. The van der Waals surface area contributed by atoms with E-state index in [1.807, 2.05) is 26.0 Å². The second kappa shape index (κ2) is 20.4. The number of aryl methyl sites for hydroxylation is 2. The fourth-order valence-electron chi connectivity index (χ4n) is 7.42. The standard InChI is InChI=1S/C43H58N14O6/c1-7-53(5)32(20-26(3)44)40(60)50-42-49-31-23-29(39(46)59)25-35(63-19-11-14-54-17-12-47-13-18-54)37(31)56(42)16-10-9-15-55-36-30(22-28(38(45)58)24-34(36)62-6)48-43(55)51-41(61)33-21-27(4)52-57(33)8-2/h9-10,20-26,47H,7-8,11-19,44H2,1-6H3,(H2,45,58)(H2,46,59)(H,48,51,61)(H,49,50,60)/b10-9+,32-20-. The molecule has 63 heavy (non-hydrogen) atoms. The highest BCUT2D eigenvalue weighted by Gasteiger charge is 2.24. The summed E-state index contributed by atoms with van der Waals surface area (Å²) < 4.78 is 17.2. The van der Waals surface area contributed by atoms with Gasteiger partial charge in [0.1, 0.15) is 33.9 Å². The lowest BCUT2D eigenvalue weighted by molar-refractivity contribution is -0.114. The lowest BCUT2D eigenvalue weighted by Crippen LogP contribution is -2.43. The number of hydrogen-bond acceptors (Lipinski definition) is 13. The number of nitrogens with two attached hydrogens (primary N) is 3. The molecule has 9 N–H and O–H groups in total. The van der Waals surface area contributed by atoms with E-state index in [4.69, 9.17) is 36.6 Å². The molecule has 336 valence electrons. The molecular weight excluding hydrogens is 809 g/mol. The van der Waals surface area contributed by atoms with Gasteiger partial charge in [0.05, 0.1) is 30.4 Å². The Bertz CT molecular complexity index is 2550. The van der Waals surface area contributed by atoms with Crippen LogP contribution in [0.15, 0.2) is 54.3 Å². The molecule has 6 rings (SSSR count). The Hall–Kier alpha value is -6.77. The number of benzene rings is 2. The number of nitrogens with one attached hydrogen (secondary N) is 3. The largest absolute Gasteiger partial charge is 0.494 e. The molecule has 0 spiro atoms. The first-order valence-corrected chi connectivity index (χ1v) is 21.0. The van der Waals surface area contributed by atoms with Crippen LogP contribution in [0.3, 0.4) is 0 Å². The number of carbonyl (C=O) groups is 4. The summed E-state index contributed by atoms with van der Waals surface area (Å²) in [4.78, 5) is 66.1. The Morgan fingerprint density at radius 3 is 2.05 bits per heavy atom. The van der Waals surface area contributed by atoms with E-state index in [2.05, 4.69) is 25.9 Å². The number of fused-ring (bicyclic) bond motifs is 2. The molecule has 1 atom stereocenters. The summed E-state index contributed by atoms with van der Waals surface area (Å²) in [7, 11) is 3.26. The zero-order valence-corrected chi connectivity index (χ0v) is 36.7. The molecule has 1 fully saturated rings. The summed E-state index contributed by atoms with van der Waals surface area (Å²) >= 11 is 0. The zero-order chi connectivity index (χ0) is 45.4. The van der Waals surface area contributed by atoms with Gasteiger partial charge >= 0.3 is 0 Å². The SMILES string of the molecule is CCN(C)/C(=C\C(C)N)C(=O)Nc1nc2cc(C(N)=O)cc(OCCCN3CCNCC3)c2n1C/C=C/Cn1c(NC(=O)c2cc(C)nn2CC)nc2cc(C(N)=O)cc(OC)c21. The summed E-state index contributed by atoms with van der Waals surface area (Å²) in [5, 5.41) is 13.7. The van der Waals surface area contributed by atoms with E-state index in [-0.39, 0.29) is 36.1 Å². The summed E-state index contributed by atoms with van der Waals surface area (Å²) in [6.07, 6.45) is 6.12. The molecule has 0 aliphatic carbocycles. The highest BCUT2D eigenvalue weighted by atomic mass is 16.5. The molecule has 1 aliphatic rings. The van der Waals surface area contributed by atoms with Crippen molar-refractivity contribution in [2.24, 2.45) is 17.2 Å². The molecule has 2 aromatic carbocycles. The van der Waals surface area contributed by atoms with E-state index in [9.17, 15) is 19.2 Å². The van der Waals surface area contributed by atoms with Crippen LogP contribution in [0.1, 0.15) is 64.1 Å². The van der Waals surface area contributed by atoms with Crippen LogP contribution < -0.4 is 42.6 Å². The van der Waals surface area contributed by atoms with Crippen LogP contribution in [0.4, 0.5) is 11.9 Å². The number of aromatic nitrogens is 6. The Kier molecular flexibility index (Phi) is 14.8. The van der Waals surface area contributed by atoms with Gasteiger partial charge in [0.25, 0.3) is 11.8 Å². The molecular formula is C43H58N14O6. The molecule has 0 saturated carbocycles. The van der Waals surface area contributed by atoms with Crippen LogP contribution in [0, 0.1) is 6.92 Å². The number of amides is 4. The number of nitrogens with zero attached hydrogens (tertiary/aromatic N) is 8. The van der Waals surface area contributed by atoms with Crippen molar-refractivity contribution in [1.29, 1.82) is 0 Å². The van der Waals surface area contributed by atoms with Gasteiger partial charge in [-0.25, -0.2) is 9.97 Å². The van der Waals surface area contributed by atoms with Crippen molar-refractivity contribution in [1.82, 2.24) is 44.0 Å². The van der Waals surface area contributed by atoms with E-state index in [0.717, 1.165) is 39.1 Å². The van der Waals surface area contributed by atoms with Crippen molar-refractivity contribution in [2.75, 3.05) is 70.7 Å². The van der Waals surface area contributed by atoms with Crippen molar-refractivity contribution >= 4 is 57.6 Å². The molecule has 20 nitrogen and oxygen atoms in total. The first-order chi connectivity index (χ1) is 30.2. The van der Waals surface area contributed by atoms with Gasteiger partial charge in [-0.1, -0.05) is 12.2 Å². The third-order valence-corrected chi connectivity index (χ3v) is 10.7. The quantitative estimate of drug-likeness (QED) is 0.0374. The minimum absolute atomic E-state index is 0.168. The van der Waals surface area contributed by atoms with Crippen molar-refractivity contribution in [3.63, 3.8) is 0 Å². The van der Waals surface area contributed by atoms with Crippen LogP contribution in [0.5, 0.6) is 11.5 Å². The fraction of sp³-hybridized carbons (Fsp3) is 0.419. The molecule has 1 saturated heterocycles.